The minimum absolute atomic E-state index is 0.0529. The number of hydrogen-bond acceptors (Lipinski definition) is 5. The topological polar surface area (TPSA) is 109 Å². The van der Waals surface area contributed by atoms with Gasteiger partial charge < -0.3 is 5.11 Å². The van der Waals surface area contributed by atoms with E-state index >= 15 is 0 Å². The van der Waals surface area contributed by atoms with Gasteiger partial charge in [0.15, 0.2) is 11.5 Å². The van der Waals surface area contributed by atoms with Gasteiger partial charge in [-0.3, -0.25) is 4.72 Å². The van der Waals surface area contributed by atoms with E-state index < -0.39 is 27.5 Å². The maximum atomic E-state index is 12.2. The molecule has 0 spiro atoms. The summed E-state index contributed by atoms with van der Waals surface area (Å²) < 4.78 is 26.5. The number of carbonyl (C=O) groups is 1. The summed E-state index contributed by atoms with van der Waals surface area (Å²) in [6.45, 7) is 0. The molecule has 1 aromatic carbocycles. The van der Waals surface area contributed by atoms with Gasteiger partial charge in [-0.25, -0.2) is 23.2 Å². The van der Waals surface area contributed by atoms with Crippen LogP contribution in [0.4, 0.5) is 5.82 Å². The summed E-state index contributed by atoms with van der Waals surface area (Å²) in [6.07, 6.45) is 2.29. The van der Waals surface area contributed by atoms with E-state index in [1.807, 2.05) is 4.72 Å². The minimum Gasteiger partial charge on any atom is -0.476 e. The van der Waals surface area contributed by atoms with E-state index in [4.69, 9.17) is 28.3 Å². The van der Waals surface area contributed by atoms with Crippen molar-refractivity contribution in [2.24, 2.45) is 0 Å². The molecule has 0 fully saturated rings. The van der Waals surface area contributed by atoms with Crippen LogP contribution in [0.15, 0.2) is 35.5 Å². The molecule has 0 aliphatic rings. The van der Waals surface area contributed by atoms with E-state index in [1.165, 1.54) is 18.2 Å². The van der Waals surface area contributed by atoms with Crippen LogP contribution in [-0.4, -0.2) is 29.5 Å². The number of nitrogens with zero attached hydrogens (tertiary/aromatic N) is 2. The largest absolute Gasteiger partial charge is 0.476 e. The second-order valence-electron chi connectivity index (χ2n) is 3.72. The Morgan fingerprint density at radius 3 is 2.52 bits per heavy atom. The third-order valence-corrected chi connectivity index (χ3v) is 4.65. The van der Waals surface area contributed by atoms with Crippen molar-refractivity contribution in [2.45, 2.75) is 4.90 Å². The fourth-order valence-corrected chi connectivity index (χ4v) is 3.22. The van der Waals surface area contributed by atoms with Gasteiger partial charge in [-0.2, -0.15) is 0 Å². The van der Waals surface area contributed by atoms with Crippen LogP contribution in [0, 0.1) is 0 Å². The summed E-state index contributed by atoms with van der Waals surface area (Å²) in [6, 6.07) is 4.05. The number of carboxylic acids is 1. The first-order valence-electron chi connectivity index (χ1n) is 5.34. The van der Waals surface area contributed by atoms with Gasteiger partial charge in [0.25, 0.3) is 10.0 Å². The first kappa shape index (κ1) is 15.5. The first-order chi connectivity index (χ1) is 9.83. The molecule has 1 aromatic heterocycles. The molecule has 7 nitrogen and oxygen atoms in total. The van der Waals surface area contributed by atoms with Crippen LogP contribution in [-0.2, 0) is 10.0 Å². The number of carboxylic acid groups (broad SMARTS) is 1. The second kappa shape index (κ2) is 5.84. The lowest BCUT2D eigenvalue weighted by atomic mass is 10.4. The monoisotopic (exact) mass is 347 g/mol. The van der Waals surface area contributed by atoms with Gasteiger partial charge in [-0.1, -0.05) is 29.3 Å². The van der Waals surface area contributed by atoms with Crippen molar-refractivity contribution in [1.82, 2.24) is 9.97 Å². The van der Waals surface area contributed by atoms with Crippen molar-refractivity contribution in [2.75, 3.05) is 4.72 Å². The van der Waals surface area contributed by atoms with Crippen LogP contribution in [0.5, 0.6) is 0 Å². The fraction of sp³-hybridized carbons (Fsp3) is 0. The molecule has 2 N–H and O–H groups in total. The number of nitrogens with one attached hydrogen (secondary N) is 1. The zero-order chi connectivity index (χ0) is 15.6. The Labute approximate surface area is 129 Å². The molecule has 0 amide bonds. The summed E-state index contributed by atoms with van der Waals surface area (Å²) in [5, 5.41) is 8.83. The highest BCUT2D eigenvalue weighted by Gasteiger charge is 2.23. The molecule has 1 heterocycles. The van der Waals surface area contributed by atoms with E-state index in [0.717, 1.165) is 12.4 Å². The maximum absolute atomic E-state index is 12.2. The minimum atomic E-state index is -4.15. The molecule has 0 saturated heterocycles. The van der Waals surface area contributed by atoms with Gasteiger partial charge in [-0.05, 0) is 12.1 Å². The summed E-state index contributed by atoms with van der Waals surface area (Å²) in [7, 11) is -4.15. The first-order valence-corrected chi connectivity index (χ1v) is 7.58. The Balaban J connectivity index is 2.48. The molecule has 2 aromatic rings. The predicted octanol–water partition coefficient (Wildman–Crippen LogP) is 2.28. The van der Waals surface area contributed by atoms with Crippen LogP contribution < -0.4 is 4.72 Å². The molecule has 0 atom stereocenters. The van der Waals surface area contributed by atoms with Crippen LogP contribution >= 0.6 is 23.2 Å². The molecule has 0 unspecified atom stereocenters. The SMILES string of the molecule is O=C(O)c1nccnc1NS(=O)(=O)c1cccc(Cl)c1Cl. The summed E-state index contributed by atoms with van der Waals surface area (Å²) in [5.74, 6) is -1.83. The molecule has 0 aliphatic heterocycles. The Hall–Kier alpha value is -1.90. The molecule has 110 valence electrons. The van der Waals surface area contributed by atoms with Gasteiger partial charge >= 0.3 is 5.97 Å². The third kappa shape index (κ3) is 3.23. The fourth-order valence-electron chi connectivity index (χ4n) is 1.44. The van der Waals surface area contributed by atoms with Crippen LogP contribution in [0.2, 0.25) is 10.0 Å². The molecule has 10 heteroatoms. The van der Waals surface area contributed by atoms with Gasteiger partial charge in [0.2, 0.25) is 0 Å². The van der Waals surface area contributed by atoms with E-state index in [9.17, 15) is 13.2 Å². The number of benzene rings is 1. The van der Waals surface area contributed by atoms with Crippen LogP contribution in [0.3, 0.4) is 0 Å². The number of aromatic nitrogens is 2. The highest BCUT2D eigenvalue weighted by molar-refractivity contribution is 7.92. The van der Waals surface area contributed by atoms with Crippen molar-refractivity contribution >= 4 is 45.0 Å². The number of halogens is 2. The molecule has 0 saturated carbocycles. The number of hydrogen-bond donors (Lipinski definition) is 2. The van der Waals surface area contributed by atoms with Gasteiger partial charge in [0.1, 0.15) is 4.90 Å². The molecule has 0 radical (unpaired) electrons. The lowest BCUT2D eigenvalue weighted by Crippen LogP contribution is -2.18. The Kier molecular flexibility index (Phi) is 4.31. The highest BCUT2D eigenvalue weighted by Crippen LogP contribution is 2.30. The highest BCUT2D eigenvalue weighted by atomic mass is 35.5. The zero-order valence-electron chi connectivity index (χ0n) is 10.1. The Bertz CT molecular complexity index is 811. The number of aromatic carboxylic acids is 1. The number of sulfonamides is 1. The van der Waals surface area contributed by atoms with Crippen molar-refractivity contribution in [3.63, 3.8) is 0 Å². The Morgan fingerprint density at radius 1 is 1.19 bits per heavy atom. The molecule has 0 aliphatic carbocycles. The summed E-state index contributed by atoms with van der Waals surface area (Å²) in [5.41, 5.74) is -0.528. The van der Waals surface area contributed by atoms with Gasteiger partial charge in [-0.15, -0.1) is 0 Å². The quantitative estimate of drug-likeness (QED) is 0.877. The van der Waals surface area contributed by atoms with Gasteiger partial charge in [0, 0.05) is 12.4 Å². The number of anilines is 1. The predicted molar refractivity (Wildman–Crippen MR) is 76.3 cm³/mol. The number of rotatable bonds is 4. The van der Waals surface area contributed by atoms with Crippen LogP contribution in [0.1, 0.15) is 10.5 Å². The van der Waals surface area contributed by atoms with E-state index in [-0.39, 0.29) is 14.9 Å². The molecule has 0 bridgehead atoms. The molecular weight excluding hydrogens is 341 g/mol. The van der Waals surface area contributed by atoms with Crippen molar-refractivity contribution in [3.8, 4) is 0 Å². The lowest BCUT2D eigenvalue weighted by Gasteiger charge is -2.10. The van der Waals surface area contributed by atoms with E-state index in [2.05, 4.69) is 9.97 Å². The van der Waals surface area contributed by atoms with Crippen molar-refractivity contribution in [1.29, 1.82) is 0 Å². The van der Waals surface area contributed by atoms with Crippen molar-refractivity contribution in [3.05, 3.63) is 46.3 Å². The third-order valence-electron chi connectivity index (χ3n) is 2.34. The van der Waals surface area contributed by atoms with E-state index in [0.29, 0.717) is 0 Å². The Morgan fingerprint density at radius 2 is 1.86 bits per heavy atom. The maximum Gasteiger partial charge on any atom is 0.358 e. The van der Waals surface area contributed by atoms with Crippen molar-refractivity contribution < 1.29 is 18.3 Å². The van der Waals surface area contributed by atoms with Gasteiger partial charge in [0.05, 0.1) is 10.0 Å². The average molecular weight is 348 g/mol. The summed E-state index contributed by atoms with van der Waals surface area (Å²) >= 11 is 11.6. The second-order valence-corrected chi connectivity index (χ2v) is 6.15. The average Bonchev–Trinajstić information content (AvgIpc) is 2.41. The normalized spacial score (nSPS) is 11.1. The van der Waals surface area contributed by atoms with E-state index in [1.54, 1.807) is 0 Å². The molecule has 2 rings (SSSR count). The molecule has 21 heavy (non-hydrogen) atoms. The standard InChI is InChI=1S/C11H7Cl2N3O4S/c12-6-2-1-3-7(8(6)13)21(19,20)16-10-9(11(17)18)14-4-5-15-10/h1-5H,(H,15,16)(H,17,18). The summed E-state index contributed by atoms with van der Waals surface area (Å²) in [4.78, 5) is 17.9. The molecular formula is C11H7Cl2N3O4S. The zero-order valence-corrected chi connectivity index (χ0v) is 12.4. The van der Waals surface area contributed by atoms with Crippen LogP contribution in [0.25, 0.3) is 0 Å². The lowest BCUT2D eigenvalue weighted by molar-refractivity contribution is 0.0691. The smallest absolute Gasteiger partial charge is 0.358 e.